The highest BCUT2D eigenvalue weighted by Gasteiger charge is 2.18. The van der Waals surface area contributed by atoms with E-state index in [4.69, 9.17) is 5.11 Å². The van der Waals surface area contributed by atoms with Crippen LogP contribution in [0.5, 0.6) is 0 Å². The zero-order valence-electron chi connectivity index (χ0n) is 9.36. The molecule has 15 heavy (non-hydrogen) atoms. The van der Waals surface area contributed by atoms with Crippen LogP contribution in [0.25, 0.3) is 0 Å². The number of hydrogen-bond acceptors (Lipinski definition) is 1. The normalized spacial score (nSPS) is 12.4. The summed E-state index contributed by atoms with van der Waals surface area (Å²) < 4.78 is 0. The number of rotatable bonds is 5. The van der Waals surface area contributed by atoms with Crippen molar-refractivity contribution in [3.8, 4) is 0 Å². The van der Waals surface area contributed by atoms with Gasteiger partial charge in [-0.15, -0.1) is 0 Å². The number of hydrogen-bond donors (Lipinski definition) is 1. The molecule has 1 atom stereocenters. The lowest BCUT2D eigenvalue weighted by Crippen LogP contribution is -2.11. The summed E-state index contributed by atoms with van der Waals surface area (Å²) in [5, 5.41) is 9.12. The molecule has 1 aromatic rings. The minimum absolute atomic E-state index is 0.342. The zero-order valence-corrected chi connectivity index (χ0v) is 9.36. The van der Waals surface area contributed by atoms with Crippen LogP contribution >= 0.6 is 0 Å². The van der Waals surface area contributed by atoms with Gasteiger partial charge in [-0.2, -0.15) is 0 Å². The van der Waals surface area contributed by atoms with Gasteiger partial charge in [-0.1, -0.05) is 49.6 Å². The summed E-state index contributed by atoms with van der Waals surface area (Å²) in [7, 11) is 0. The summed E-state index contributed by atoms with van der Waals surface area (Å²) in [5.41, 5.74) is 2.08. The predicted octanol–water partition coefficient (Wildman–Crippen LogP) is 3.35. The Kier molecular flexibility index (Phi) is 4.35. The summed E-state index contributed by atoms with van der Waals surface area (Å²) in [4.78, 5) is 11.1. The molecule has 1 N–H and O–H groups in total. The highest BCUT2D eigenvalue weighted by Crippen LogP contribution is 2.22. The van der Waals surface area contributed by atoms with E-state index < -0.39 is 5.97 Å². The molecule has 0 bridgehead atoms. The summed E-state index contributed by atoms with van der Waals surface area (Å²) in [6.07, 6.45) is 2.73. The SMILES string of the molecule is CCCCC(C(=O)O)c1ccc(C)cc1. The Morgan fingerprint density at radius 3 is 2.40 bits per heavy atom. The first-order valence-corrected chi connectivity index (χ1v) is 5.44. The van der Waals surface area contributed by atoms with Gasteiger partial charge in [-0.05, 0) is 18.9 Å². The van der Waals surface area contributed by atoms with Gasteiger partial charge in [-0.3, -0.25) is 4.79 Å². The number of aryl methyl sites for hydroxylation is 1. The van der Waals surface area contributed by atoms with Gasteiger partial charge in [0.05, 0.1) is 5.92 Å². The van der Waals surface area contributed by atoms with E-state index >= 15 is 0 Å². The second kappa shape index (κ2) is 5.54. The third-order valence-corrected chi connectivity index (χ3v) is 2.62. The number of carboxylic acids is 1. The molecule has 0 heterocycles. The van der Waals surface area contributed by atoms with Crippen molar-refractivity contribution < 1.29 is 9.90 Å². The molecule has 0 aliphatic heterocycles. The number of carbonyl (C=O) groups is 1. The molecule has 0 fully saturated rings. The van der Waals surface area contributed by atoms with Gasteiger partial charge in [0, 0.05) is 0 Å². The Balaban J connectivity index is 2.79. The number of unbranched alkanes of at least 4 members (excludes halogenated alkanes) is 1. The van der Waals surface area contributed by atoms with Crippen molar-refractivity contribution in [1.29, 1.82) is 0 Å². The van der Waals surface area contributed by atoms with Crippen LogP contribution in [0.1, 0.15) is 43.2 Å². The van der Waals surface area contributed by atoms with Gasteiger partial charge in [0.2, 0.25) is 0 Å². The second-order valence-corrected chi connectivity index (χ2v) is 3.94. The van der Waals surface area contributed by atoms with E-state index in [0.717, 1.165) is 24.8 Å². The van der Waals surface area contributed by atoms with Crippen molar-refractivity contribution in [2.45, 2.75) is 39.0 Å². The third-order valence-electron chi connectivity index (χ3n) is 2.62. The molecule has 1 aromatic carbocycles. The Bertz CT molecular complexity index is 314. The zero-order chi connectivity index (χ0) is 11.3. The van der Waals surface area contributed by atoms with Gasteiger partial charge in [0.25, 0.3) is 0 Å². The fraction of sp³-hybridized carbons (Fsp3) is 0.462. The summed E-state index contributed by atoms with van der Waals surface area (Å²) in [6.45, 7) is 4.08. The largest absolute Gasteiger partial charge is 0.481 e. The molecular weight excluding hydrogens is 188 g/mol. The molecule has 2 heteroatoms. The number of carboxylic acid groups (broad SMARTS) is 1. The van der Waals surface area contributed by atoms with Gasteiger partial charge >= 0.3 is 5.97 Å². The van der Waals surface area contributed by atoms with Gasteiger partial charge in [-0.25, -0.2) is 0 Å². The third kappa shape index (κ3) is 3.39. The van der Waals surface area contributed by atoms with Crippen molar-refractivity contribution in [1.82, 2.24) is 0 Å². The molecule has 0 aliphatic rings. The summed E-state index contributed by atoms with van der Waals surface area (Å²) in [6, 6.07) is 7.78. The topological polar surface area (TPSA) is 37.3 Å². The molecule has 0 saturated carbocycles. The molecular formula is C13H18O2. The minimum atomic E-state index is -0.715. The molecule has 0 amide bonds. The minimum Gasteiger partial charge on any atom is -0.481 e. The van der Waals surface area contributed by atoms with Crippen LogP contribution < -0.4 is 0 Å². The molecule has 0 spiro atoms. The molecule has 2 nitrogen and oxygen atoms in total. The van der Waals surface area contributed by atoms with E-state index in [-0.39, 0.29) is 5.92 Å². The molecule has 1 rings (SSSR count). The second-order valence-electron chi connectivity index (χ2n) is 3.94. The van der Waals surface area contributed by atoms with Crippen molar-refractivity contribution >= 4 is 5.97 Å². The van der Waals surface area contributed by atoms with Crippen LogP contribution in [-0.4, -0.2) is 11.1 Å². The van der Waals surface area contributed by atoms with Crippen LogP contribution in [0.15, 0.2) is 24.3 Å². The van der Waals surface area contributed by atoms with E-state index in [1.165, 1.54) is 5.56 Å². The summed E-state index contributed by atoms with van der Waals surface area (Å²) in [5.74, 6) is -1.06. The summed E-state index contributed by atoms with van der Waals surface area (Å²) >= 11 is 0. The average molecular weight is 206 g/mol. The molecule has 1 unspecified atom stereocenters. The lowest BCUT2D eigenvalue weighted by molar-refractivity contribution is -0.139. The van der Waals surface area contributed by atoms with Gasteiger partial charge < -0.3 is 5.11 Å². The van der Waals surface area contributed by atoms with Crippen LogP contribution in [-0.2, 0) is 4.79 Å². The smallest absolute Gasteiger partial charge is 0.310 e. The first-order valence-electron chi connectivity index (χ1n) is 5.44. The Morgan fingerprint density at radius 1 is 1.33 bits per heavy atom. The van der Waals surface area contributed by atoms with E-state index in [9.17, 15) is 4.79 Å². The van der Waals surface area contributed by atoms with Crippen molar-refractivity contribution in [2.24, 2.45) is 0 Å². The monoisotopic (exact) mass is 206 g/mol. The van der Waals surface area contributed by atoms with Crippen LogP contribution in [0.2, 0.25) is 0 Å². The Hall–Kier alpha value is -1.31. The highest BCUT2D eigenvalue weighted by molar-refractivity contribution is 5.76. The van der Waals surface area contributed by atoms with Crippen molar-refractivity contribution in [3.63, 3.8) is 0 Å². The standard InChI is InChI=1S/C13H18O2/c1-3-4-5-12(13(14)15)11-8-6-10(2)7-9-11/h6-9,12H,3-5H2,1-2H3,(H,14,15). The Labute approximate surface area is 90.9 Å². The van der Waals surface area contributed by atoms with Crippen LogP contribution in [0, 0.1) is 6.92 Å². The lowest BCUT2D eigenvalue weighted by atomic mass is 9.93. The van der Waals surface area contributed by atoms with Crippen LogP contribution in [0.4, 0.5) is 0 Å². The lowest BCUT2D eigenvalue weighted by Gasteiger charge is -2.12. The van der Waals surface area contributed by atoms with E-state index in [1.807, 2.05) is 31.2 Å². The maximum atomic E-state index is 11.1. The fourth-order valence-corrected chi connectivity index (χ4v) is 1.64. The first kappa shape index (κ1) is 11.8. The van der Waals surface area contributed by atoms with Gasteiger partial charge in [0.1, 0.15) is 0 Å². The van der Waals surface area contributed by atoms with Crippen molar-refractivity contribution in [3.05, 3.63) is 35.4 Å². The molecule has 0 saturated heterocycles. The highest BCUT2D eigenvalue weighted by atomic mass is 16.4. The average Bonchev–Trinajstić information content (AvgIpc) is 2.21. The molecule has 0 aromatic heterocycles. The van der Waals surface area contributed by atoms with Gasteiger partial charge in [0.15, 0.2) is 0 Å². The number of aliphatic carboxylic acids is 1. The van der Waals surface area contributed by atoms with E-state index in [2.05, 4.69) is 6.92 Å². The predicted molar refractivity (Wildman–Crippen MR) is 61.1 cm³/mol. The van der Waals surface area contributed by atoms with E-state index in [1.54, 1.807) is 0 Å². The first-order chi connectivity index (χ1) is 7.15. The maximum absolute atomic E-state index is 11.1. The van der Waals surface area contributed by atoms with Crippen molar-refractivity contribution in [2.75, 3.05) is 0 Å². The molecule has 82 valence electrons. The maximum Gasteiger partial charge on any atom is 0.310 e. The van der Waals surface area contributed by atoms with E-state index in [0.29, 0.717) is 0 Å². The molecule has 0 aliphatic carbocycles. The Morgan fingerprint density at radius 2 is 1.93 bits per heavy atom. The fourth-order valence-electron chi connectivity index (χ4n) is 1.64. The number of benzene rings is 1. The van der Waals surface area contributed by atoms with Crippen LogP contribution in [0.3, 0.4) is 0 Å². The quantitative estimate of drug-likeness (QED) is 0.802. The molecule has 0 radical (unpaired) electrons.